The molecular weight excluding hydrogens is 194 g/mol. The van der Waals surface area contributed by atoms with Crippen LogP contribution in [0.3, 0.4) is 0 Å². The Morgan fingerprint density at radius 3 is 2.62 bits per heavy atom. The molecule has 0 heterocycles. The third-order valence-corrected chi connectivity index (χ3v) is 1.99. The molecule has 0 aromatic rings. The van der Waals surface area contributed by atoms with Crippen LogP contribution < -0.4 is 5.32 Å². The second-order valence-electron chi connectivity index (χ2n) is 2.28. The van der Waals surface area contributed by atoms with Crippen LogP contribution in [0.5, 0.6) is 0 Å². The van der Waals surface area contributed by atoms with Gasteiger partial charge in [-0.2, -0.15) is 0 Å². The molecule has 76 valence electrons. The maximum atomic E-state index is 11.0. The molecule has 0 saturated carbocycles. The van der Waals surface area contributed by atoms with E-state index in [1.165, 1.54) is 14.0 Å². The number of amides is 1. The highest BCUT2D eigenvalue weighted by Crippen LogP contribution is 2.02. The zero-order valence-electron chi connectivity index (χ0n) is 7.57. The van der Waals surface area contributed by atoms with E-state index in [0.29, 0.717) is 5.75 Å². The minimum absolute atomic E-state index is 0.0902. The summed E-state index contributed by atoms with van der Waals surface area (Å²) in [6.07, 6.45) is 0. The van der Waals surface area contributed by atoms with Crippen LogP contribution in [0.15, 0.2) is 0 Å². The first kappa shape index (κ1) is 12.2. The number of hydrogen-bond donors (Lipinski definition) is 2. The molecule has 0 bridgehead atoms. The second kappa shape index (κ2) is 6.73. The first-order chi connectivity index (χ1) is 6.11. The molecule has 6 heteroatoms. The molecule has 0 aliphatic rings. The van der Waals surface area contributed by atoms with Crippen LogP contribution in [-0.4, -0.2) is 41.8 Å². The Bertz CT molecular complexity index is 185. The van der Waals surface area contributed by atoms with Crippen molar-refractivity contribution >= 4 is 23.6 Å². The largest absolute Gasteiger partial charge is 0.467 e. The maximum Gasteiger partial charge on any atom is 0.329 e. The van der Waals surface area contributed by atoms with Crippen molar-refractivity contribution in [3.05, 3.63) is 0 Å². The Hall–Kier alpha value is -0.750. The number of carbonyl (C=O) groups is 2. The van der Waals surface area contributed by atoms with Crippen molar-refractivity contribution in [1.29, 1.82) is 0 Å². The SMILES string of the molecule is COC(=O)C(CSCO)NC(C)=O. The Kier molecular flexibility index (Phi) is 6.34. The van der Waals surface area contributed by atoms with Crippen molar-refractivity contribution in [3.63, 3.8) is 0 Å². The molecular formula is C7H13NO4S. The van der Waals surface area contributed by atoms with Crippen molar-refractivity contribution in [2.45, 2.75) is 13.0 Å². The molecule has 13 heavy (non-hydrogen) atoms. The zero-order valence-corrected chi connectivity index (χ0v) is 8.39. The summed E-state index contributed by atoms with van der Waals surface area (Å²) in [6, 6.07) is -0.681. The minimum Gasteiger partial charge on any atom is -0.467 e. The first-order valence-corrected chi connectivity index (χ1v) is 4.80. The number of aliphatic hydroxyl groups excluding tert-OH is 1. The van der Waals surface area contributed by atoms with E-state index in [-0.39, 0.29) is 11.8 Å². The van der Waals surface area contributed by atoms with Gasteiger partial charge in [0.15, 0.2) is 0 Å². The maximum absolute atomic E-state index is 11.0. The van der Waals surface area contributed by atoms with Crippen LogP contribution in [0.25, 0.3) is 0 Å². The van der Waals surface area contributed by atoms with E-state index in [0.717, 1.165) is 11.8 Å². The van der Waals surface area contributed by atoms with Crippen molar-refractivity contribution < 1.29 is 19.4 Å². The molecule has 5 nitrogen and oxygen atoms in total. The summed E-state index contributed by atoms with van der Waals surface area (Å²) in [7, 11) is 1.25. The first-order valence-electron chi connectivity index (χ1n) is 3.65. The summed E-state index contributed by atoms with van der Waals surface area (Å²) >= 11 is 1.14. The monoisotopic (exact) mass is 207 g/mol. The average Bonchev–Trinajstić information content (AvgIpc) is 2.10. The lowest BCUT2D eigenvalue weighted by Gasteiger charge is -2.13. The molecule has 0 spiro atoms. The number of rotatable bonds is 5. The average molecular weight is 207 g/mol. The highest BCUT2D eigenvalue weighted by atomic mass is 32.2. The molecule has 0 saturated heterocycles. The fraction of sp³-hybridized carbons (Fsp3) is 0.714. The lowest BCUT2D eigenvalue weighted by molar-refractivity contribution is -0.144. The summed E-state index contributed by atoms with van der Waals surface area (Å²) in [5.41, 5.74) is 0. The number of aliphatic hydroxyl groups is 1. The standard InChI is InChI=1S/C7H13NO4S/c1-5(10)8-6(3-13-4-9)7(11)12-2/h6,9H,3-4H2,1-2H3,(H,8,10). The van der Waals surface area contributed by atoms with Gasteiger partial charge in [-0.05, 0) is 0 Å². The second-order valence-corrected chi connectivity index (χ2v) is 3.28. The van der Waals surface area contributed by atoms with Gasteiger partial charge in [-0.1, -0.05) is 0 Å². The van der Waals surface area contributed by atoms with E-state index in [1.807, 2.05) is 0 Å². The van der Waals surface area contributed by atoms with Gasteiger partial charge in [-0.3, -0.25) is 4.79 Å². The molecule has 1 atom stereocenters. The van der Waals surface area contributed by atoms with Crippen LogP contribution in [0, 0.1) is 0 Å². The summed E-state index contributed by atoms with van der Waals surface area (Å²) < 4.78 is 4.46. The molecule has 1 amide bonds. The van der Waals surface area contributed by atoms with Gasteiger partial charge in [0.25, 0.3) is 0 Å². The molecule has 1 unspecified atom stereocenters. The van der Waals surface area contributed by atoms with E-state index in [1.54, 1.807) is 0 Å². The minimum atomic E-state index is -0.681. The van der Waals surface area contributed by atoms with Gasteiger partial charge in [0.2, 0.25) is 5.91 Å². The fourth-order valence-electron chi connectivity index (χ4n) is 0.727. The highest BCUT2D eigenvalue weighted by Gasteiger charge is 2.19. The molecule has 0 aliphatic heterocycles. The van der Waals surface area contributed by atoms with Gasteiger partial charge < -0.3 is 15.2 Å². The van der Waals surface area contributed by atoms with Crippen LogP contribution in [0.1, 0.15) is 6.92 Å². The van der Waals surface area contributed by atoms with Gasteiger partial charge in [0.1, 0.15) is 6.04 Å². The zero-order chi connectivity index (χ0) is 10.3. The Morgan fingerprint density at radius 1 is 1.62 bits per heavy atom. The van der Waals surface area contributed by atoms with Gasteiger partial charge in [-0.25, -0.2) is 4.79 Å². The number of hydrogen-bond acceptors (Lipinski definition) is 5. The number of esters is 1. The van der Waals surface area contributed by atoms with E-state index in [2.05, 4.69) is 10.1 Å². The predicted octanol–water partition coefficient (Wildman–Crippen LogP) is -0.653. The topological polar surface area (TPSA) is 75.6 Å². The lowest BCUT2D eigenvalue weighted by atomic mass is 10.3. The van der Waals surface area contributed by atoms with Crippen LogP contribution >= 0.6 is 11.8 Å². The lowest BCUT2D eigenvalue weighted by Crippen LogP contribution is -2.42. The third kappa shape index (κ3) is 5.48. The molecule has 0 aliphatic carbocycles. The van der Waals surface area contributed by atoms with Crippen molar-refractivity contribution in [2.75, 3.05) is 18.8 Å². The van der Waals surface area contributed by atoms with E-state index in [9.17, 15) is 9.59 Å². The number of carbonyl (C=O) groups excluding carboxylic acids is 2. The Labute approximate surface area is 80.8 Å². The molecule has 2 N–H and O–H groups in total. The third-order valence-electron chi connectivity index (χ3n) is 1.24. The van der Waals surface area contributed by atoms with E-state index >= 15 is 0 Å². The molecule has 0 aromatic carbocycles. The normalized spacial score (nSPS) is 11.9. The fourth-order valence-corrected chi connectivity index (χ4v) is 1.29. The predicted molar refractivity (Wildman–Crippen MR) is 49.2 cm³/mol. The highest BCUT2D eigenvalue weighted by molar-refractivity contribution is 7.99. The molecule has 0 fully saturated rings. The summed E-state index contributed by atoms with van der Waals surface area (Å²) in [6.45, 7) is 1.32. The molecule has 0 aromatic heterocycles. The smallest absolute Gasteiger partial charge is 0.329 e. The molecule has 0 rings (SSSR count). The summed E-state index contributed by atoms with van der Waals surface area (Å²) in [5, 5.41) is 10.9. The van der Waals surface area contributed by atoms with Crippen molar-refractivity contribution in [1.82, 2.24) is 5.32 Å². The Balaban J connectivity index is 4.02. The van der Waals surface area contributed by atoms with Crippen molar-refractivity contribution in [3.8, 4) is 0 Å². The van der Waals surface area contributed by atoms with Crippen LogP contribution in [0.2, 0.25) is 0 Å². The van der Waals surface area contributed by atoms with Crippen molar-refractivity contribution in [2.24, 2.45) is 0 Å². The van der Waals surface area contributed by atoms with E-state index in [4.69, 9.17) is 5.11 Å². The summed E-state index contributed by atoms with van der Waals surface area (Å²) in [4.78, 5) is 21.7. The van der Waals surface area contributed by atoms with Crippen LogP contribution in [0.4, 0.5) is 0 Å². The van der Waals surface area contributed by atoms with Gasteiger partial charge in [0.05, 0.1) is 13.0 Å². The summed E-state index contributed by atoms with van der Waals surface area (Å²) in [5.74, 6) is -0.583. The van der Waals surface area contributed by atoms with Gasteiger partial charge in [0, 0.05) is 12.7 Å². The van der Waals surface area contributed by atoms with Gasteiger partial charge in [-0.15, -0.1) is 11.8 Å². The van der Waals surface area contributed by atoms with Gasteiger partial charge >= 0.3 is 5.97 Å². The number of nitrogens with one attached hydrogen (secondary N) is 1. The number of ether oxygens (including phenoxy) is 1. The Morgan fingerprint density at radius 2 is 2.23 bits per heavy atom. The quantitative estimate of drug-likeness (QED) is 0.462. The number of thioether (sulfide) groups is 1. The van der Waals surface area contributed by atoms with E-state index < -0.39 is 12.0 Å². The van der Waals surface area contributed by atoms with Crippen LogP contribution in [-0.2, 0) is 14.3 Å². The molecule has 0 radical (unpaired) electrons. The number of methoxy groups -OCH3 is 1.